The standard InChI is InChI=1S/C21H26ClN3O2/c1-16-15-18(22)7-8-19(16)24-11-13-25(14-12-24)21(26)23-10-9-17-5-3-4-6-20(17)27-2/h3-8,15H,9-14H2,1-2H3,(H,23,26). The van der Waals surface area contributed by atoms with Gasteiger partial charge in [0.15, 0.2) is 0 Å². The van der Waals surface area contributed by atoms with E-state index in [9.17, 15) is 4.79 Å². The average Bonchev–Trinajstić information content (AvgIpc) is 2.68. The summed E-state index contributed by atoms with van der Waals surface area (Å²) < 4.78 is 5.35. The summed E-state index contributed by atoms with van der Waals surface area (Å²) >= 11 is 6.04. The summed E-state index contributed by atoms with van der Waals surface area (Å²) in [7, 11) is 1.67. The molecule has 1 fully saturated rings. The van der Waals surface area contributed by atoms with Crippen molar-refractivity contribution >= 4 is 23.3 Å². The number of nitrogens with one attached hydrogen (secondary N) is 1. The second kappa shape index (κ2) is 9.00. The number of ether oxygens (including phenoxy) is 1. The predicted octanol–water partition coefficient (Wildman–Crippen LogP) is 3.73. The Kier molecular flexibility index (Phi) is 6.45. The second-order valence-corrected chi connectivity index (χ2v) is 7.14. The van der Waals surface area contributed by atoms with E-state index in [2.05, 4.69) is 23.2 Å². The Hall–Kier alpha value is -2.40. The van der Waals surface area contributed by atoms with Gasteiger partial charge < -0.3 is 19.9 Å². The molecule has 0 unspecified atom stereocenters. The van der Waals surface area contributed by atoms with Crippen molar-refractivity contribution in [1.29, 1.82) is 0 Å². The third kappa shape index (κ3) is 4.86. The van der Waals surface area contributed by atoms with Gasteiger partial charge in [-0.1, -0.05) is 29.8 Å². The number of para-hydroxylation sites is 1. The van der Waals surface area contributed by atoms with Crippen LogP contribution in [-0.2, 0) is 6.42 Å². The highest BCUT2D eigenvalue weighted by molar-refractivity contribution is 6.30. The lowest BCUT2D eigenvalue weighted by molar-refractivity contribution is 0.194. The van der Waals surface area contributed by atoms with Crippen molar-refractivity contribution in [2.75, 3.05) is 44.7 Å². The van der Waals surface area contributed by atoms with Crippen molar-refractivity contribution < 1.29 is 9.53 Å². The molecule has 0 aliphatic carbocycles. The fourth-order valence-electron chi connectivity index (χ4n) is 3.45. The first-order chi connectivity index (χ1) is 13.1. The van der Waals surface area contributed by atoms with Crippen LogP contribution in [0, 0.1) is 6.92 Å². The minimum Gasteiger partial charge on any atom is -0.496 e. The zero-order chi connectivity index (χ0) is 19.2. The van der Waals surface area contributed by atoms with E-state index in [1.54, 1.807) is 7.11 Å². The molecule has 1 N–H and O–H groups in total. The van der Waals surface area contributed by atoms with Crippen LogP contribution in [0.4, 0.5) is 10.5 Å². The number of hydrogen-bond donors (Lipinski definition) is 1. The number of carbonyl (C=O) groups is 1. The zero-order valence-electron chi connectivity index (χ0n) is 15.9. The van der Waals surface area contributed by atoms with E-state index in [1.165, 1.54) is 5.69 Å². The zero-order valence-corrected chi connectivity index (χ0v) is 16.6. The molecular weight excluding hydrogens is 362 g/mol. The largest absolute Gasteiger partial charge is 0.496 e. The maximum Gasteiger partial charge on any atom is 0.317 e. The molecule has 0 spiro atoms. The summed E-state index contributed by atoms with van der Waals surface area (Å²) in [5.74, 6) is 0.860. The number of piperazine rings is 1. The molecule has 0 bridgehead atoms. The van der Waals surface area contributed by atoms with Crippen LogP contribution in [-0.4, -0.2) is 50.8 Å². The molecule has 3 rings (SSSR count). The van der Waals surface area contributed by atoms with Gasteiger partial charge in [-0.15, -0.1) is 0 Å². The quantitative estimate of drug-likeness (QED) is 0.850. The molecule has 1 heterocycles. The van der Waals surface area contributed by atoms with Gasteiger partial charge in [-0.3, -0.25) is 0 Å². The normalized spacial score (nSPS) is 14.2. The van der Waals surface area contributed by atoms with Gasteiger partial charge in [-0.25, -0.2) is 4.79 Å². The Labute approximate surface area is 165 Å². The van der Waals surface area contributed by atoms with E-state index in [-0.39, 0.29) is 6.03 Å². The molecule has 0 saturated carbocycles. The number of carbonyl (C=O) groups excluding carboxylic acids is 1. The van der Waals surface area contributed by atoms with Gasteiger partial charge in [0.25, 0.3) is 0 Å². The van der Waals surface area contributed by atoms with Crippen LogP contribution in [0.3, 0.4) is 0 Å². The topological polar surface area (TPSA) is 44.8 Å². The SMILES string of the molecule is COc1ccccc1CCNC(=O)N1CCN(c2ccc(Cl)cc2C)CC1. The number of anilines is 1. The first-order valence-electron chi connectivity index (χ1n) is 9.24. The van der Waals surface area contributed by atoms with E-state index in [4.69, 9.17) is 16.3 Å². The Balaban J connectivity index is 1.47. The predicted molar refractivity (Wildman–Crippen MR) is 110 cm³/mol. The number of urea groups is 1. The van der Waals surface area contributed by atoms with Crippen molar-refractivity contribution in [3.63, 3.8) is 0 Å². The first-order valence-corrected chi connectivity index (χ1v) is 9.62. The second-order valence-electron chi connectivity index (χ2n) is 6.70. The van der Waals surface area contributed by atoms with E-state index in [0.717, 1.165) is 41.4 Å². The van der Waals surface area contributed by atoms with E-state index in [0.29, 0.717) is 19.6 Å². The average molecular weight is 388 g/mol. The number of rotatable bonds is 5. The molecule has 0 atom stereocenters. The Morgan fingerprint density at radius 3 is 2.59 bits per heavy atom. The number of amides is 2. The highest BCUT2D eigenvalue weighted by atomic mass is 35.5. The lowest BCUT2D eigenvalue weighted by Crippen LogP contribution is -2.52. The molecule has 2 amide bonds. The first kappa shape index (κ1) is 19.4. The number of benzene rings is 2. The fraction of sp³-hybridized carbons (Fsp3) is 0.381. The smallest absolute Gasteiger partial charge is 0.317 e. The summed E-state index contributed by atoms with van der Waals surface area (Å²) in [6.07, 6.45) is 0.750. The summed E-state index contributed by atoms with van der Waals surface area (Å²) in [5, 5.41) is 3.78. The van der Waals surface area contributed by atoms with Crippen molar-refractivity contribution in [2.45, 2.75) is 13.3 Å². The number of halogens is 1. The molecule has 144 valence electrons. The number of nitrogens with zero attached hydrogens (tertiary/aromatic N) is 2. The molecule has 27 heavy (non-hydrogen) atoms. The van der Waals surface area contributed by atoms with Crippen LogP contribution in [0.25, 0.3) is 0 Å². The Morgan fingerprint density at radius 1 is 1.15 bits per heavy atom. The van der Waals surface area contributed by atoms with Gasteiger partial charge in [0.2, 0.25) is 0 Å². The van der Waals surface area contributed by atoms with Crippen LogP contribution >= 0.6 is 11.6 Å². The molecule has 2 aromatic carbocycles. The number of hydrogen-bond acceptors (Lipinski definition) is 3. The van der Waals surface area contributed by atoms with E-state index < -0.39 is 0 Å². The lowest BCUT2D eigenvalue weighted by atomic mass is 10.1. The molecule has 1 saturated heterocycles. The van der Waals surface area contributed by atoms with Crippen molar-refractivity contribution in [1.82, 2.24) is 10.2 Å². The van der Waals surface area contributed by atoms with Crippen molar-refractivity contribution in [2.24, 2.45) is 0 Å². The monoisotopic (exact) mass is 387 g/mol. The Bertz CT molecular complexity index is 789. The highest BCUT2D eigenvalue weighted by Gasteiger charge is 2.21. The van der Waals surface area contributed by atoms with Crippen molar-refractivity contribution in [3.8, 4) is 5.75 Å². The lowest BCUT2D eigenvalue weighted by Gasteiger charge is -2.36. The van der Waals surface area contributed by atoms with Gasteiger partial charge >= 0.3 is 6.03 Å². The molecule has 5 nitrogen and oxygen atoms in total. The van der Waals surface area contributed by atoms with E-state index >= 15 is 0 Å². The summed E-state index contributed by atoms with van der Waals surface area (Å²) in [6, 6.07) is 13.8. The van der Waals surface area contributed by atoms with Crippen LogP contribution < -0.4 is 15.0 Å². The molecule has 0 aromatic heterocycles. The van der Waals surface area contributed by atoms with Gasteiger partial charge in [-0.05, 0) is 48.7 Å². The molecular formula is C21H26ClN3O2. The van der Waals surface area contributed by atoms with Crippen molar-refractivity contribution in [3.05, 3.63) is 58.6 Å². The minimum atomic E-state index is -0.00243. The number of methoxy groups -OCH3 is 1. The van der Waals surface area contributed by atoms with Gasteiger partial charge in [0.05, 0.1) is 7.11 Å². The number of aryl methyl sites for hydroxylation is 1. The fourth-order valence-corrected chi connectivity index (χ4v) is 3.68. The molecule has 1 aliphatic rings. The maximum absolute atomic E-state index is 12.4. The third-order valence-electron chi connectivity index (χ3n) is 4.93. The Morgan fingerprint density at radius 2 is 1.89 bits per heavy atom. The molecule has 0 radical (unpaired) electrons. The highest BCUT2D eigenvalue weighted by Crippen LogP contribution is 2.24. The molecule has 2 aromatic rings. The van der Waals surface area contributed by atoms with Gasteiger partial charge in [0, 0.05) is 43.4 Å². The van der Waals surface area contributed by atoms with Crippen LogP contribution in [0.1, 0.15) is 11.1 Å². The minimum absolute atomic E-state index is 0.00243. The summed E-state index contributed by atoms with van der Waals surface area (Å²) in [6.45, 7) is 5.73. The van der Waals surface area contributed by atoms with Gasteiger partial charge in [-0.2, -0.15) is 0 Å². The molecule has 6 heteroatoms. The van der Waals surface area contributed by atoms with Crippen LogP contribution in [0.2, 0.25) is 5.02 Å². The third-order valence-corrected chi connectivity index (χ3v) is 5.16. The summed E-state index contributed by atoms with van der Waals surface area (Å²) in [4.78, 5) is 16.6. The maximum atomic E-state index is 12.4. The van der Waals surface area contributed by atoms with E-state index in [1.807, 2.05) is 41.3 Å². The van der Waals surface area contributed by atoms with Crippen LogP contribution in [0.5, 0.6) is 5.75 Å². The van der Waals surface area contributed by atoms with Gasteiger partial charge in [0.1, 0.15) is 5.75 Å². The van der Waals surface area contributed by atoms with Crippen LogP contribution in [0.15, 0.2) is 42.5 Å². The molecule has 1 aliphatic heterocycles. The summed E-state index contributed by atoms with van der Waals surface area (Å²) in [5.41, 5.74) is 3.45.